The van der Waals surface area contributed by atoms with E-state index in [4.69, 9.17) is 0 Å². The summed E-state index contributed by atoms with van der Waals surface area (Å²) in [6.07, 6.45) is 3.48. The van der Waals surface area contributed by atoms with Gasteiger partial charge in [-0.2, -0.15) is 4.98 Å². The lowest BCUT2D eigenvalue weighted by atomic mass is 10.0. The van der Waals surface area contributed by atoms with Crippen LogP contribution in [-0.4, -0.2) is 25.4 Å². The lowest BCUT2D eigenvalue weighted by Crippen LogP contribution is -2.14. The Morgan fingerprint density at radius 2 is 1.73 bits per heavy atom. The Hall–Kier alpha value is -4.52. The smallest absolute Gasteiger partial charge is 0.255 e. The van der Waals surface area contributed by atoms with Crippen LogP contribution in [0.1, 0.15) is 28.9 Å². The maximum Gasteiger partial charge on any atom is 0.255 e. The summed E-state index contributed by atoms with van der Waals surface area (Å²) < 4.78 is 1.93. The van der Waals surface area contributed by atoms with Gasteiger partial charge in [0.1, 0.15) is 12.1 Å². The Bertz CT molecular complexity index is 1410. The molecular weight excluding hydrogens is 412 g/mol. The van der Waals surface area contributed by atoms with Gasteiger partial charge in [0, 0.05) is 17.4 Å². The molecule has 0 spiro atoms. The molecule has 0 aliphatic heterocycles. The van der Waals surface area contributed by atoms with Crippen LogP contribution < -0.4 is 10.6 Å². The Kier molecular flexibility index (Phi) is 5.51. The maximum absolute atomic E-state index is 12.7. The zero-order valence-electron chi connectivity index (χ0n) is 18.0. The molecule has 0 saturated carbocycles. The van der Waals surface area contributed by atoms with E-state index in [1.54, 1.807) is 18.6 Å². The van der Waals surface area contributed by atoms with E-state index >= 15 is 0 Å². The van der Waals surface area contributed by atoms with E-state index in [1.165, 1.54) is 0 Å². The number of rotatable bonds is 6. The quantitative estimate of drug-likeness (QED) is 0.382. The first-order valence-electron chi connectivity index (χ1n) is 10.7. The molecule has 0 saturated heterocycles. The number of carbonyl (C=O) groups excluding carboxylic acids is 1. The number of fused-ring (bicyclic) bond motifs is 1. The van der Waals surface area contributed by atoms with Crippen LogP contribution in [0.2, 0.25) is 0 Å². The van der Waals surface area contributed by atoms with Crippen LogP contribution in [0.25, 0.3) is 16.9 Å². The topological polar surface area (TPSA) is 84.7 Å². The number of anilines is 2. The lowest BCUT2D eigenvalue weighted by molar-refractivity contribution is 0.102. The van der Waals surface area contributed by atoms with Gasteiger partial charge < -0.3 is 10.6 Å². The van der Waals surface area contributed by atoms with Crippen molar-refractivity contribution in [3.05, 3.63) is 109 Å². The molecule has 3 aromatic carbocycles. The molecule has 2 aromatic heterocycles. The summed E-state index contributed by atoms with van der Waals surface area (Å²) in [6, 6.07) is 26.6. The zero-order chi connectivity index (χ0) is 22.6. The van der Waals surface area contributed by atoms with Crippen LogP contribution in [0, 0.1) is 0 Å². The largest absolute Gasteiger partial charge is 0.348 e. The highest BCUT2D eigenvalue weighted by Gasteiger charge is 2.13. The van der Waals surface area contributed by atoms with Crippen molar-refractivity contribution in [2.24, 2.45) is 0 Å². The first-order chi connectivity index (χ1) is 16.2. The highest BCUT2D eigenvalue weighted by Crippen LogP contribution is 2.21. The number of hydrogen-bond donors (Lipinski definition) is 2. The molecule has 7 heteroatoms. The number of carbonyl (C=O) groups is 1. The second-order valence-corrected chi connectivity index (χ2v) is 7.65. The standard InChI is InChI=1S/C26H22N6O/c1-18(19-8-7-9-20(16-19)25(33)30-21-10-3-2-4-11-21)29-26-27-15-14-24(31-26)32-17-28-22-12-5-6-13-23(22)32/h2-18H,1H3,(H,30,33)(H,27,29,31). The third-order valence-corrected chi connectivity index (χ3v) is 5.37. The van der Waals surface area contributed by atoms with Crippen molar-refractivity contribution in [1.29, 1.82) is 0 Å². The molecule has 0 radical (unpaired) electrons. The Balaban J connectivity index is 1.34. The van der Waals surface area contributed by atoms with E-state index in [0.717, 1.165) is 28.1 Å². The molecule has 0 aliphatic carbocycles. The molecule has 162 valence electrons. The number of nitrogens with one attached hydrogen (secondary N) is 2. The summed E-state index contributed by atoms with van der Waals surface area (Å²) in [5.41, 5.74) is 4.19. The van der Waals surface area contributed by atoms with Crippen molar-refractivity contribution >= 4 is 28.6 Å². The van der Waals surface area contributed by atoms with Crippen LogP contribution in [0.15, 0.2) is 97.5 Å². The zero-order valence-corrected chi connectivity index (χ0v) is 18.0. The fourth-order valence-corrected chi connectivity index (χ4v) is 3.65. The van der Waals surface area contributed by atoms with Crippen molar-refractivity contribution in [2.75, 3.05) is 10.6 Å². The number of benzene rings is 3. The van der Waals surface area contributed by atoms with Gasteiger partial charge in [-0.05, 0) is 55.0 Å². The van der Waals surface area contributed by atoms with Crippen molar-refractivity contribution in [2.45, 2.75) is 13.0 Å². The summed E-state index contributed by atoms with van der Waals surface area (Å²) in [7, 11) is 0. The third kappa shape index (κ3) is 4.43. The van der Waals surface area contributed by atoms with E-state index < -0.39 is 0 Å². The van der Waals surface area contributed by atoms with Gasteiger partial charge in [-0.15, -0.1) is 0 Å². The minimum atomic E-state index is -0.152. The molecule has 1 amide bonds. The predicted octanol–water partition coefficient (Wildman–Crippen LogP) is 5.24. The monoisotopic (exact) mass is 434 g/mol. The van der Waals surface area contributed by atoms with Crippen LogP contribution in [0.4, 0.5) is 11.6 Å². The molecule has 1 unspecified atom stereocenters. The number of amides is 1. The SMILES string of the molecule is CC(Nc1nccc(-n2cnc3ccccc32)n1)c1cccc(C(=O)Nc2ccccc2)c1. The van der Waals surface area contributed by atoms with E-state index in [2.05, 4.69) is 25.6 Å². The molecule has 5 rings (SSSR count). The van der Waals surface area contributed by atoms with Gasteiger partial charge in [0.05, 0.1) is 17.1 Å². The van der Waals surface area contributed by atoms with Crippen molar-refractivity contribution in [3.8, 4) is 5.82 Å². The van der Waals surface area contributed by atoms with E-state index in [9.17, 15) is 4.79 Å². The van der Waals surface area contributed by atoms with Crippen LogP contribution in [0.5, 0.6) is 0 Å². The van der Waals surface area contributed by atoms with Gasteiger partial charge in [0.2, 0.25) is 5.95 Å². The number of imidazole rings is 1. The summed E-state index contributed by atoms with van der Waals surface area (Å²) >= 11 is 0. The molecule has 2 heterocycles. The van der Waals surface area contributed by atoms with Gasteiger partial charge in [-0.25, -0.2) is 9.97 Å². The van der Waals surface area contributed by atoms with Crippen molar-refractivity contribution in [3.63, 3.8) is 0 Å². The molecule has 0 fully saturated rings. The Morgan fingerprint density at radius 1 is 0.909 bits per heavy atom. The van der Waals surface area contributed by atoms with Crippen LogP contribution in [0.3, 0.4) is 0 Å². The minimum absolute atomic E-state index is 0.107. The summed E-state index contributed by atoms with van der Waals surface area (Å²) in [4.78, 5) is 26.1. The van der Waals surface area contributed by atoms with E-state index in [1.807, 2.05) is 90.4 Å². The molecule has 1 atom stereocenters. The second kappa shape index (κ2) is 8.92. The molecular formula is C26H22N6O. The second-order valence-electron chi connectivity index (χ2n) is 7.65. The average Bonchev–Trinajstić information content (AvgIpc) is 3.29. The molecule has 0 aliphatic rings. The fourth-order valence-electron chi connectivity index (χ4n) is 3.65. The average molecular weight is 435 g/mol. The van der Waals surface area contributed by atoms with Gasteiger partial charge >= 0.3 is 0 Å². The van der Waals surface area contributed by atoms with Gasteiger partial charge in [-0.3, -0.25) is 9.36 Å². The Labute approximate surface area is 191 Å². The number of hydrogen-bond acceptors (Lipinski definition) is 5. The first-order valence-corrected chi connectivity index (χ1v) is 10.7. The molecule has 2 N–H and O–H groups in total. The third-order valence-electron chi connectivity index (χ3n) is 5.37. The summed E-state index contributed by atoms with van der Waals surface area (Å²) in [6.45, 7) is 2.01. The highest BCUT2D eigenvalue weighted by molar-refractivity contribution is 6.04. The van der Waals surface area contributed by atoms with Crippen LogP contribution in [-0.2, 0) is 0 Å². The van der Waals surface area contributed by atoms with Gasteiger partial charge in [0.15, 0.2) is 0 Å². The van der Waals surface area contributed by atoms with Crippen LogP contribution >= 0.6 is 0 Å². The lowest BCUT2D eigenvalue weighted by Gasteiger charge is -2.16. The Morgan fingerprint density at radius 3 is 2.61 bits per heavy atom. The molecule has 5 aromatic rings. The fraction of sp³-hybridized carbons (Fsp3) is 0.0769. The normalized spacial score (nSPS) is 11.8. The first kappa shape index (κ1) is 20.4. The summed E-state index contributed by atoms with van der Waals surface area (Å²) in [5, 5.41) is 6.26. The molecule has 0 bridgehead atoms. The van der Waals surface area contributed by atoms with E-state index in [0.29, 0.717) is 11.5 Å². The minimum Gasteiger partial charge on any atom is -0.348 e. The number of nitrogens with zero attached hydrogens (tertiary/aromatic N) is 4. The van der Waals surface area contributed by atoms with Gasteiger partial charge in [-0.1, -0.05) is 42.5 Å². The van der Waals surface area contributed by atoms with E-state index in [-0.39, 0.29) is 11.9 Å². The van der Waals surface area contributed by atoms with Crippen molar-refractivity contribution < 1.29 is 4.79 Å². The van der Waals surface area contributed by atoms with Gasteiger partial charge in [0.25, 0.3) is 5.91 Å². The molecule has 33 heavy (non-hydrogen) atoms. The maximum atomic E-state index is 12.7. The molecule has 7 nitrogen and oxygen atoms in total. The predicted molar refractivity (Wildman–Crippen MR) is 130 cm³/mol. The highest BCUT2D eigenvalue weighted by atomic mass is 16.1. The number of aromatic nitrogens is 4. The summed E-state index contributed by atoms with van der Waals surface area (Å²) in [5.74, 6) is 1.07. The number of para-hydroxylation sites is 3. The van der Waals surface area contributed by atoms with Crippen molar-refractivity contribution in [1.82, 2.24) is 19.5 Å².